The largest absolute Gasteiger partial charge is 0.456 e. The number of hydrogen-bond donors (Lipinski definition) is 0. The summed E-state index contributed by atoms with van der Waals surface area (Å²) in [6, 6.07) is 70.0. The molecule has 6 heteroatoms. The van der Waals surface area contributed by atoms with Gasteiger partial charge in [-0.15, -0.1) is 0 Å². The van der Waals surface area contributed by atoms with Crippen LogP contribution in [-0.4, -0.2) is 27.2 Å². The molecule has 0 bridgehead atoms. The normalized spacial score (nSPS) is 13.0. The number of para-hydroxylation sites is 3. The van der Waals surface area contributed by atoms with Gasteiger partial charge in [0.2, 0.25) is 8.07 Å². The van der Waals surface area contributed by atoms with E-state index in [9.17, 15) is 0 Å². The van der Waals surface area contributed by atoms with Crippen molar-refractivity contribution in [2.45, 2.75) is 0 Å². The number of benzene rings is 7. The summed E-state index contributed by atoms with van der Waals surface area (Å²) in [5.74, 6) is 0. The third kappa shape index (κ3) is 4.63. The van der Waals surface area contributed by atoms with Crippen molar-refractivity contribution in [1.82, 2.24) is 19.1 Å². The van der Waals surface area contributed by atoms with E-state index in [0.29, 0.717) is 0 Å². The molecule has 5 nitrogen and oxygen atoms in total. The highest BCUT2D eigenvalue weighted by atomic mass is 28.3. The second-order valence-corrected chi connectivity index (χ2v) is 18.7. The molecular formula is C52H34N4OSi. The number of rotatable bonds is 6. The van der Waals surface area contributed by atoms with E-state index in [1.54, 1.807) is 0 Å². The molecule has 0 saturated heterocycles. The SMILES string of the molecule is c1ccc([Si](c2ccc(-n3c4ccccc4c4cccnc43)cc2)(c2cccc(-n3c4ccccc4c4ccc5oc6ccccc6c5c43)c2)c2ccccn2)cc1. The lowest BCUT2D eigenvalue weighted by Gasteiger charge is -2.33. The number of furan rings is 1. The molecule has 0 aliphatic rings. The van der Waals surface area contributed by atoms with Crippen LogP contribution in [0.4, 0.5) is 0 Å². The lowest BCUT2D eigenvalue weighted by atomic mass is 10.1. The van der Waals surface area contributed by atoms with Gasteiger partial charge < -0.3 is 8.98 Å². The first-order chi connectivity index (χ1) is 28.8. The average Bonchev–Trinajstić information content (AvgIpc) is 3.96. The van der Waals surface area contributed by atoms with Gasteiger partial charge in [-0.3, -0.25) is 9.55 Å². The van der Waals surface area contributed by atoms with Crippen LogP contribution in [0.25, 0.3) is 77.1 Å². The molecule has 58 heavy (non-hydrogen) atoms. The molecule has 5 aromatic heterocycles. The first kappa shape index (κ1) is 32.7. The summed E-state index contributed by atoms with van der Waals surface area (Å²) in [6.45, 7) is 0. The van der Waals surface area contributed by atoms with Crippen LogP contribution in [0.15, 0.2) is 211 Å². The predicted molar refractivity (Wildman–Crippen MR) is 242 cm³/mol. The number of aromatic nitrogens is 4. The van der Waals surface area contributed by atoms with Gasteiger partial charge >= 0.3 is 0 Å². The highest BCUT2D eigenvalue weighted by Crippen LogP contribution is 2.40. The zero-order chi connectivity index (χ0) is 38.2. The standard InChI is InChI=1S/C52H34N4OSi/c1-2-15-37(16-3-1)58(49-25-10-11-32-53-49,38-28-26-35(27-29-38)56-46-23-8-5-19-41(46)43-21-13-33-54-52(43)56)39-17-12-14-36(34-39)55-45-22-7-4-18-40(45)42-30-31-48-50(51(42)55)44-20-6-9-24-47(44)57-48/h1-34H. The highest BCUT2D eigenvalue weighted by Gasteiger charge is 2.43. The lowest BCUT2D eigenvalue weighted by Crippen LogP contribution is -2.75. The predicted octanol–water partition coefficient (Wildman–Crippen LogP) is 9.95. The second kappa shape index (κ2) is 12.7. The molecule has 12 aromatic rings. The van der Waals surface area contributed by atoms with Crippen LogP contribution in [-0.2, 0) is 0 Å². The van der Waals surface area contributed by atoms with Crippen LogP contribution in [0.2, 0.25) is 0 Å². The molecule has 0 fully saturated rings. The fourth-order valence-corrected chi connectivity index (χ4v) is 14.1. The summed E-state index contributed by atoms with van der Waals surface area (Å²) in [5, 5.41) is 11.8. The molecule has 1 unspecified atom stereocenters. The number of fused-ring (bicyclic) bond motifs is 10. The van der Waals surface area contributed by atoms with Crippen molar-refractivity contribution >= 4 is 94.6 Å². The second-order valence-electron chi connectivity index (χ2n) is 14.9. The van der Waals surface area contributed by atoms with Gasteiger partial charge in [0.25, 0.3) is 0 Å². The Labute approximate surface area is 334 Å². The zero-order valence-corrected chi connectivity index (χ0v) is 32.3. The Bertz CT molecular complexity index is 3420. The van der Waals surface area contributed by atoms with E-state index in [4.69, 9.17) is 14.4 Å². The molecule has 12 rings (SSSR count). The van der Waals surface area contributed by atoms with Gasteiger partial charge in [0.15, 0.2) is 0 Å². The van der Waals surface area contributed by atoms with Gasteiger partial charge in [-0.05, 0) is 94.4 Å². The first-order valence-corrected chi connectivity index (χ1v) is 21.7. The summed E-state index contributed by atoms with van der Waals surface area (Å²) in [7, 11) is -3.05. The van der Waals surface area contributed by atoms with Crippen molar-refractivity contribution in [3.05, 3.63) is 207 Å². The molecule has 0 aliphatic heterocycles. The first-order valence-electron chi connectivity index (χ1n) is 19.7. The van der Waals surface area contributed by atoms with E-state index in [2.05, 4.69) is 185 Å². The maximum atomic E-state index is 6.46. The van der Waals surface area contributed by atoms with Crippen LogP contribution in [0.5, 0.6) is 0 Å². The van der Waals surface area contributed by atoms with Crippen molar-refractivity contribution < 1.29 is 4.42 Å². The van der Waals surface area contributed by atoms with Gasteiger partial charge in [0.1, 0.15) is 16.8 Å². The summed E-state index contributed by atoms with van der Waals surface area (Å²) < 4.78 is 11.2. The van der Waals surface area contributed by atoms with Crippen LogP contribution in [0.3, 0.4) is 0 Å². The molecule has 0 spiro atoms. The smallest absolute Gasteiger partial charge is 0.201 e. The minimum Gasteiger partial charge on any atom is -0.456 e. The average molecular weight is 759 g/mol. The Morgan fingerprint density at radius 2 is 1.05 bits per heavy atom. The van der Waals surface area contributed by atoms with Gasteiger partial charge in [-0.1, -0.05) is 115 Å². The molecule has 0 amide bonds. The Kier molecular flexibility index (Phi) is 7.18. The van der Waals surface area contributed by atoms with Crippen molar-refractivity contribution in [1.29, 1.82) is 0 Å². The van der Waals surface area contributed by atoms with E-state index in [0.717, 1.165) is 66.2 Å². The van der Waals surface area contributed by atoms with Crippen molar-refractivity contribution in [3.63, 3.8) is 0 Å². The Morgan fingerprint density at radius 1 is 0.397 bits per heavy atom. The Hall–Kier alpha value is -7.54. The van der Waals surface area contributed by atoms with E-state index in [1.165, 1.54) is 31.7 Å². The molecular weight excluding hydrogens is 725 g/mol. The quantitative estimate of drug-likeness (QED) is 0.125. The fraction of sp³-hybridized carbons (Fsp3) is 0. The maximum absolute atomic E-state index is 6.46. The van der Waals surface area contributed by atoms with Crippen molar-refractivity contribution in [3.8, 4) is 11.4 Å². The molecule has 1 atom stereocenters. The summed E-state index contributed by atoms with van der Waals surface area (Å²) in [6.07, 6.45) is 3.82. The van der Waals surface area contributed by atoms with E-state index in [1.807, 2.05) is 30.6 Å². The molecule has 272 valence electrons. The monoisotopic (exact) mass is 758 g/mol. The topological polar surface area (TPSA) is 48.8 Å². The number of nitrogens with zero attached hydrogens (tertiary/aromatic N) is 4. The fourth-order valence-electron chi connectivity index (χ4n) is 9.55. The molecule has 5 heterocycles. The van der Waals surface area contributed by atoms with Crippen LogP contribution < -0.4 is 20.9 Å². The summed E-state index contributed by atoms with van der Waals surface area (Å²) >= 11 is 0. The van der Waals surface area contributed by atoms with Gasteiger partial charge in [-0.2, -0.15) is 0 Å². The molecule has 0 N–H and O–H groups in total. The minimum atomic E-state index is -3.05. The van der Waals surface area contributed by atoms with Crippen LogP contribution in [0, 0.1) is 0 Å². The minimum absolute atomic E-state index is 0.883. The Morgan fingerprint density at radius 3 is 1.86 bits per heavy atom. The number of hydrogen-bond acceptors (Lipinski definition) is 3. The zero-order valence-electron chi connectivity index (χ0n) is 31.3. The number of pyridine rings is 2. The maximum Gasteiger partial charge on any atom is 0.201 e. The van der Waals surface area contributed by atoms with Gasteiger partial charge in [0, 0.05) is 56.0 Å². The summed E-state index contributed by atoms with van der Waals surface area (Å²) in [4.78, 5) is 10.1. The molecule has 7 aromatic carbocycles. The van der Waals surface area contributed by atoms with E-state index < -0.39 is 8.07 Å². The third-order valence-corrected chi connectivity index (χ3v) is 16.6. The van der Waals surface area contributed by atoms with Crippen molar-refractivity contribution in [2.24, 2.45) is 0 Å². The van der Waals surface area contributed by atoms with Crippen molar-refractivity contribution in [2.75, 3.05) is 0 Å². The van der Waals surface area contributed by atoms with Crippen LogP contribution >= 0.6 is 0 Å². The van der Waals surface area contributed by atoms with E-state index >= 15 is 0 Å². The lowest BCUT2D eigenvalue weighted by molar-refractivity contribution is 0.669. The van der Waals surface area contributed by atoms with Crippen LogP contribution in [0.1, 0.15) is 0 Å². The third-order valence-electron chi connectivity index (χ3n) is 12.0. The summed E-state index contributed by atoms with van der Waals surface area (Å²) in [5.41, 5.74) is 8.33. The van der Waals surface area contributed by atoms with E-state index in [-0.39, 0.29) is 0 Å². The molecule has 0 aliphatic carbocycles. The molecule has 0 radical (unpaired) electrons. The highest BCUT2D eigenvalue weighted by molar-refractivity contribution is 7.19. The molecule has 0 saturated carbocycles. The Balaban J connectivity index is 1.14. The van der Waals surface area contributed by atoms with Gasteiger partial charge in [-0.25, -0.2) is 4.98 Å². The van der Waals surface area contributed by atoms with Gasteiger partial charge in [0.05, 0.1) is 21.9 Å².